The molecule has 0 saturated carbocycles. The Hall–Kier alpha value is -2.82. The molecule has 0 aliphatic heterocycles. The average Bonchev–Trinajstić information content (AvgIpc) is 2.70. The van der Waals surface area contributed by atoms with Crippen LogP contribution in [-0.4, -0.2) is 14.2 Å². The molecule has 134 valence electrons. The fraction of sp³-hybridized carbons (Fsp3) is 0.182. The highest BCUT2D eigenvalue weighted by Crippen LogP contribution is 2.38. The first-order valence-electron chi connectivity index (χ1n) is 8.53. The molecule has 0 bridgehead atoms. The Morgan fingerprint density at radius 3 is 1.96 bits per heavy atom. The molecule has 0 amide bonds. The number of hydrogen-bond donors (Lipinski definition) is 0. The van der Waals surface area contributed by atoms with Gasteiger partial charge >= 0.3 is 0 Å². The number of nitrogens with zero attached hydrogens (tertiary/aromatic N) is 1. The largest absolute Gasteiger partial charge is 0.457 e. The van der Waals surface area contributed by atoms with Crippen LogP contribution in [0.2, 0.25) is 0 Å². The lowest BCUT2D eigenvalue weighted by Crippen LogP contribution is -2.21. The lowest BCUT2D eigenvalue weighted by Gasteiger charge is -2.25. The second-order valence-electron chi connectivity index (χ2n) is 5.86. The highest BCUT2D eigenvalue weighted by Gasteiger charge is 2.20. The summed E-state index contributed by atoms with van der Waals surface area (Å²) in [4.78, 5) is 10.6. The Morgan fingerprint density at radius 2 is 1.27 bits per heavy atom. The van der Waals surface area contributed by atoms with E-state index in [0.717, 1.165) is 28.3 Å². The average molecular weight is 349 g/mol. The van der Waals surface area contributed by atoms with Crippen LogP contribution < -0.4 is 9.96 Å². The van der Waals surface area contributed by atoms with Crippen molar-refractivity contribution in [1.82, 2.24) is 0 Å². The normalized spacial score (nSPS) is 11.8. The van der Waals surface area contributed by atoms with E-state index < -0.39 is 0 Å². The van der Waals surface area contributed by atoms with Gasteiger partial charge in [0.1, 0.15) is 11.5 Å². The smallest absolute Gasteiger partial charge is 0.131 e. The van der Waals surface area contributed by atoms with Crippen molar-refractivity contribution in [2.75, 3.05) is 19.4 Å². The Morgan fingerprint density at radius 1 is 0.692 bits per heavy atom. The van der Waals surface area contributed by atoms with Crippen molar-refractivity contribution in [3.05, 3.63) is 90.0 Å². The van der Waals surface area contributed by atoms with Gasteiger partial charge in [0.15, 0.2) is 0 Å². The first kappa shape index (κ1) is 18.0. The second kappa shape index (κ2) is 8.52. The summed E-state index contributed by atoms with van der Waals surface area (Å²) in [7, 11) is 3.16. The van der Waals surface area contributed by atoms with Crippen molar-refractivity contribution < 1.29 is 14.4 Å². The van der Waals surface area contributed by atoms with Crippen LogP contribution >= 0.6 is 0 Å². The van der Waals surface area contributed by atoms with Crippen molar-refractivity contribution in [3.63, 3.8) is 0 Å². The minimum atomic E-state index is 0.0823. The van der Waals surface area contributed by atoms with Crippen LogP contribution in [0.1, 0.15) is 24.0 Å². The van der Waals surface area contributed by atoms with Crippen molar-refractivity contribution >= 4 is 5.69 Å². The van der Waals surface area contributed by atoms with Crippen LogP contribution in [0.25, 0.3) is 0 Å². The molecule has 0 aliphatic carbocycles. The van der Waals surface area contributed by atoms with Gasteiger partial charge in [-0.05, 0) is 29.8 Å². The van der Waals surface area contributed by atoms with Gasteiger partial charge < -0.3 is 4.74 Å². The van der Waals surface area contributed by atoms with Crippen LogP contribution in [-0.2, 0) is 9.68 Å². The summed E-state index contributed by atoms with van der Waals surface area (Å²) in [6.07, 6.45) is 0. The van der Waals surface area contributed by atoms with E-state index in [1.54, 1.807) is 14.2 Å². The molecule has 1 atom stereocenters. The van der Waals surface area contributed by atoms with E-state index in [2.05, 4.69) is 19.1 Å². The van der Waals surface area contributed by atoms with Crippen molar-refractivity contribution in [1.29, 1.82) is 0 Å². The molecular weight excluding hydrogens is 326 g/mol. The molecule has 0 aromatic heterocycles. The summed E-state index contributed by atoms with van der Waals surface area (Å²) >= 11 is 0. The summed E-state index contributed by atoms with van der Waals surface area (Å²) in [5.74, 6) is 1.73. The fourth-order valence-corrected chi connectivity index (χ4v) is 3.01. The molecule has 0 radical (unpaired) electrons. The summed E-state index contributed by atoms with van der Waals surface area (Å²) < 4.78 is 6.13. The van der Waals surface area contributed by atoms with Gasteiger partial charge in [-0.25, -0.2) is 0 Å². The summed E-state index contributed by atoms with van der Waals surface area (Å²) in [6, 6.07) is 25.9. The zero-order valence-corrected chi connectivity index (χ0v) is 15.3. The van der Waals surface area contributed by atoms with Gasteiger partial charge in [0, 0.05) is 11.5 Å². The number of benzene rings is 3. The highest BCUT2D eigenvalue weighted by atomic mass is 16.9. The molecule has 3 rings (SSSR count). The maximum atomic E-state index is 6.13. The third-order valence-corrected chi connectivity index (χ3v) is 4.29. The summed E-state index contributed by atoms with van der Waals surface area (Å²) in [5.41, 5.74) is 3.04. The molecule has 0 N–H and O–H groups in total. The first-order chi connectivity index (χ1) is 12.7. The van der Waals surface area contributed by atoms with E-state index in [0.29, 0.717) is 0 Å². The van der Waals surface area contributed by atoms with E-state index in [1.165, 1.54) is 5.23 Å². The van der Waals surface area contributed by atoms with Gasteiger partial charge in [-0.3, -0.25) is 9.68 Å². The van der Waals surface area contributed by atoms with Crippen LogP contribution in [0.4, 0.5) is 5.69 Å². The zero-order chi connectivity index (χ0) is 18.4. The molecule has 26 heavy (non-hydrogen) atoms. The first-order valence-corrected chi connectivity index (χ1v) is 8.53. The van der Waals surface area contributed by atoms with E-state index in [9.17, 15) is 0 Å². The maximum absolute atomic E-state index is 6.13. The standard InChI is InChI=1S/C22H23NO3/c1-17(19-13-7-9-15-21(19)23(24-2)25-3)20-14-8-10-16-22(20)26-18-11-5-4-6-12-18/h4-17H,1-3H3. The molecule has 4 heteroatoms. The topological polar surface area (TPSA) is 30.9 Å². The molecule has 0 aliphatic rings. The monoisotopic (exact) mass is 349 g/mol. The van der Waals surface area contributed by atoms with Crippen LogP contribution in [0.15, 0.2) is 78.9 Å². The Labute approximate surface area is 154 Å². The van der Waals surface area contributed by atoms with Crippen molar-refractivity contribution in [2.45, 2.75) is 12.8 Å². The van der Waals surface area contributed by atoms with Gasteiger partial charge in [0.25, 0.3) is 0 Å². The fourth-order valence-electron chi connectivity index (χ4n) is 3.01. The SMILES string of the molecule is CON(OC)c1ccccc1C(C)c1ccccc1Oc1ccccc1. The molecule has 0 heterocycles. The number of ether oxygens (including phenoxy) is 1. The predicted octanol–water partition coefficient (Wildman–Crippen LogP) is 5.56. The minimum absolute atomic E-state index is 0.0823. The quantitative estimate of drug-likeness (QED) is 0.523. The van der Waals surface area contributed by atoms with Gasteiger partial charge in [0.05, 0.1) is 19.9 Å². The third kappa shape index (κ3) is 3.87. The van der Waals surface area contributed by atoms with Crippen molar-refractivity contribution in [3.8, 4) is 11.5 Å². The minimum Gasteiger partial charge on any atom is -0.457 e. The Bertz CT molecular complexity index is 832. The summed E-state index contributed by atoms with van der Waals surface area (Å²) in [5, 5.41) is 1.41. The van der Waals surface area contributed by atoms with Crippen molar-refractivity contribution in [2.24, 2.45) is 0 Å². The molecule has 3 aromatic rings. The molecular formula is C22H23NO3. The second-order valence-corrected chi connectivity index (χ2v) is 5.86. The van der Waals surface area contributed by atoms with E-state index in [-0.39, 0.29) is 5.92 Å². The van der Waals surface area contributed by atoms with E-state index in [4.69, 9.17) is 14.4 Å². The lowest BCUT2D eigenvalue weighted by atomic mass is 9.91. The Kier molecular flexibility index (Phi) is 5.89. The van der Waals surface area contributed by atoms with Crippen LogP contribution in [0, 0.1) is 0 Å². The molecule has 3 aromatic carbocycles. The number of hydrogen-bond acceptors (Lipinski definition) is 4. The number of rotatable bonds is 7. The van der Waals surface area contributed by atoms with Crippen LogP contribution in [0.5, 0.6) is 11.5 Å². The zero-order valence-electron chi connectivity index (χ0n) is 15.3. The predicted molar refractivity (Wildman–Crippen MR) is 103 cm³/mol. The number of para-hydroxylation sites is 3. The molecule has 4 nitrogen and oxygen atoms in total. The highest BCUT2D eigenvalue weighted by molar-refractivity contribution is 5.56. The maximum Gasteiger partial charge on any atom is 0.131 e. The van der Waals surface area contributed by atoms with Gasteiger partial charge in [-0.15, -0.1) is 5.23 Å². The van der Waals surface area contributed by atoms with Gasteiger partial charge in [-0.2, -0.15) is 0 Å². The molecule has 1 unspecified atom stereocenters. The molecule has 0 saturated heterocycles. The summed E-state index contributed by atoms with van der Waals surface area (Å²) in [6.45, 7) is 2.15. The van der Waals surface area contributed by atoms with E-state index >= 15 is 0 Å². The lowest BCUT2D eigenvalue weighted by molar-refractivity contribution is -0.0437. The number of anilines is 1. The molecule has 0 spiro atoms. The van der Waals surface area contributed by atoms with Gasteiger partial charge in [-0.1, -0.05) is 61.5 Å². The third-order valence-electron chi connectivity index (χ3n) is 4.29. The van der Waals surface area contributed by atoms with E-state index in [1.807, 2.05) is 66.7 Å². The van der Waals surface area contributed by atoms with Gasteiger partial charge in [0.2, 0.25) is 0 Å². The van der Waals surface area contributed by atoms with Crippen LogP contribution in [0.3, 0.4) is 0 Å². The Balaban J connectivity index is 1.98. The molecule has 0 fully saturated rings.